The molecule has 3 aliphatic rings. The van der Waals surface area contributed by atoms with E-state index in [1.807, 2.05) is 24.7 Å². The van der Waals surface area contributed by atoms with Gasteiger partial charge in [0.1, 0.15) is 6.10 Å². The van der Waals surface area contributed by atoms with Crippen molar-refractivity contribution >= 4 is 22.2 Å². The van der Waals surface area contributed by atoms with Gasteiger partial charge in [-0.25, -0.2) is 0 Å². The molecule has 6 heterocycles. The first-order valence-electron chi connectivity index (χ1n) is 10.5. The second-order valence-electron chi connectivity index (χ2n) is 8.24. The normalized spacial score (nSPS) is 25.6. The van der Waals surface area contributed by atoms with Gasteiger partial charge < -0.3 is 9.72 Å². The Morgan fingerprint density at radius 3 is 2.93 bits per heavy atom. The first-order valence-corrected chi connectivity index (χ1v) is 11.4. The van der Waals surface area contributed by atoms with E-state index in [4.69, 9.17) is 4.74 Å². The van der Waals surface area contributed by atoms with Crippen molar-refractivity contribution in [2.45, 2.75) is 31.4 Å². The molecule has 0 spiro atoms. The molecule has 152 valence electrons. The standard InChI is InChI=1S/C23H23N5OS/c1-2-15(14-24-8-1)12-20-21(16-6-10-28(20)11-7-16)29-23-27-26-22(30-23)18-3-4-19-17(13-18)5-9-25-19/h1-5,8-9,13-14,16,20-21,25H,6-7,10-12H2. The maximum Gasteiger partial charge on any atom is 0.294 e. The minimum absolute atomic E-state index is 0.153. The van der Waals surface area contributed by atoms with Crippen LogP contribution in [0.15, 0.2) is 55.0 Å². The van der Waals surface area contributed by atoms with Crippen molar-refractivity contribution in [3.05, 3.63) is 60.6 Å². The number of nitrogens with zero attached hydrogens (tertiary/aromatic N) is 4. The fraction of sp³-hybridized carbons (Fsp3) is 0.348. The highest BCUT2D eigenvalue weighted by molar-refractivity contribution is 7.16. The van der Waals surface area contributed by atoms with Crippen molar-refractivity contribution < 1.29 is 4.74 Å². The number of pyridine rings is 1. The zero-order chi connectivity index (χ0) is 19.9. The van der Waals surface area contributed by atoms with Crippen molar-refractivity contribution in [3.63, 3.8) is 0 Å². The number of H-pyrrole nitrogens is 1. The van der Waals surface area contributed by atoms with E-state index >= 15 is 0 Å². The van der Waals surface area contributed by atoms with Gasteiger partial charge in [0.2, 0.25) is 0 Å². The van der Waals surface area contributed by atoms with E-state index in [2.05, 4.69) is 55.4 Å². The summed E-state index contributed by atoms with van der Waals surface area (Å²) in [6.07, 6.45) is 9.28. The molecule has 7 heteroatoms. The largest absolute Gasteiger partial charge is 0.464 e. The molecule has 0 aliphatic carbocycles. The summed E-state index contributed by atoms with van der Waals surface area (Å²) in [6, 6.07) is 12.9. The van der Waals surface area contributed by atoms with Gasteiger partial charge >= 0.3 is 0 Å². The van der Waals surface area contributed by atoms with E-state index in [9.17, 15) is 0 Å². The average Bonchev–Trinajstić information content (AvgIpc) is 3.46. The lowest BCUT2D eigenvalue weighted by Crippen LogP contribution is -2.60. The average molecular weight is 418 g/mol. The molecule has 0 amide bonds. The molecule has 3 saturated heterocycles. The molecular weight excluding hydrogens is 394 g/mol. The van der Waals surface area contributed by atoms with Gasteiger partial charge in [0.05, 0.1) is 6.04 Å². The summed E-state index contributed by atoms with van der Waals surface area (Å²) in [5, 5.41) is 11.6. The van der Waals surface area contributed by atoms with E-state index < -0.39 is 0 Å². The molecule has 3 aromatic heterocycles. The number of benzene rings is 1. The van der Waals surface area contributed by atoms with Gasteiger partial charge in [-0.2, -0.15) is 0 Å². The van der Waals surface area contributed by atoms with Crippen molar-refractivity contribution in [1.29, 1.82) is 0 Å². The van der Waals surface area contributed by atoms with Gasteiger partial charge in [0.15, 0.2) is 5.01 Å². The Bertz CT molecular complexity index is 1150. The number of rotatable bonds is 5. The minimum atomic E-state index is 0.153. The summed E-state index contributed by atoms with van der Waals surface area (Å²) in [6.45, 7) is 2.32. The van der Waals surface area contributed by atoms with Crippen LogP contribution in [0, 0.1) is 5.92 Å². The maximum atomic E-state index is 6.53. The lowest BCUT2D eigenvalue weighted by molar-refractivity contribution is -0.0581. The molecule has 7 rings (SSSR count). The number of piperidine rings is 3. The van der Waals surface area contributed by atoms with Crippen molar-refractivity contribution in [3.8, 4) is 15.8 Å². The second kappa shape index (κ2) is 7.49. The van der Waals surface area contributed by atoms with Crippen LogP contribution in [-0.2, 0) is 6.42 Å². The molecule has 2 atom stereocenters. The third-order valence-corrected chi connectivity index (χ3v) is 7.36. The van der Waals surface area contributed by atoms with E-state index in [1.54, 1.807) is 11.3 Å². The van der Waals surface area contributed by atoms with Crippen LogP contribution in [0.3, 0.4) is 0 Å². The second-order valence-corrected chi connectivity index (χ2v) is 9.18. The number of hydrogen-bond acceptors (Lipinski definition) is 6. The zero-order valence-electron chi connectivity index (χ0n) is 16.6. The lowest BCUT2D eigenvalue weighted by Gasteiger charge is -2.50. The molecule has 3 aliphatic heterocycles. The molecule has 3 fully saturated rings. The molecule has 6 nitrogen and oxygen atoms in total. The molecule has 1 N–H and O–H groups in total. The van der Waals surface area contributed by atoms with Crippen LogP contribution in [0.5, 0.6) is 5.19 Å². The summed E-state index contributed by atoms with van der Waals surface area (Å²) < 4.78 is 6.53. The number of aromatic nitrogens is 4. The molecule has 2 bridgehead atoms. The fourth-order valence-electron chi connectivity index (χ4n) is 4.96. The summed E-state index contributed by atoms with van der Waals surface area (Å²) in [7, 11) is 0. The van der Waals surface area contributed by atoms with Crippen molar-refractivity contribution in [2.24, 2.45) is 5.92 Å². The van der Waals surface area contributed by atoms with Gasteiger partial charge in [-0.15, -0.1) is 5.10 Å². The molecule has 30 heavy (non-hydrogen) atoms. The molecule has 0 saturated carbocycles. The Balaban J connectivity index is 1.24. The predicted octanol–water partition coefficient (Wildman–Crippen LogP) is 4.17. The molecule has 0 radical (unpaired) electrons. The summed E-state index contributed by atoms with van der Waals surface area (Å²) in [4.78, 5) is 10.1. The van der Waals surface area contributed by atoms with Gasteiger partial charge in [-0.05, 0) is 74.2 Å². The topological polar surface area (TPSA) is 66.9 Å². The molecule has 2 unspecified atom stereocenters. The monoisotopic (exact) mass is 417 g/mol. The molecular formula is C23H23N5OS. The van der Waals surface area contributed by atoms with E-state index in [0.29, 0.717) is 17.2 Å². The smallest absolute Gasteiger partial charge is 0.294 e. The van der Waals surface area contributed by atoms with Gasteiger partial charge in [0.25, 0.3) is 5.19 Å². The third kappa shape index (κ3) is 3.28. The van der Waals surface area contributed by atoms with E-state index in [0.717, 1.165) is 35.6 Å². The quantitative estimate of drug-likeness (QED) is 0.528. The lowest BCUT2D eigenvalue weighted by atomic mass is 9.78. The van der Waals surface area contributed by atoms with Crippen LogP contribution >= 0.6 is 11.3 Å². The Hall–Kier alpha value is -2.77. The van der Waals surface area contributed by atoms with Gasteiger partial charge in [-0.3, -0.25) is 9.88 Å². The number of fused-ring (bicyclic) bond motifs is 4. The van der Waals surface area contributed by atoms with E-state index in [1.165, 1.54) is 23.8 Å². The van der Waals surface area contributed by atoms with Crippen LogP contribution in [0.2, 0.25) is 0 Å². The van der Waals surface area contributed by atoms with Crippen LogP contribution in [0.25, 0.3) is 21.5 Å². The SMILES string of the molecule is c1cncc(CC2C(Oc3nnc(-c4ccc5[nH]ccc5c4)s3)C3CCN2CC3)c1. The van der Waals surface area contributed by atoms with Crippen LogP contribution in [0.1, 0.15) is 18.4 Å². The Kier molecular flexibility index (Phi) is 4.50. The fourth-order valence-corrected chi connectivity index (χ4v) is 5.69. The molecule has 1 aromatic carbocycles. The van der Waals surface area contributed by atoms with Crippen molar-refractivity contribution in [2.75, 3.05) is 13.1 Å². The summed E-state index contributed by atoms with van der Waals surface area (Å²) >= 11 is 1.54. The summed E-state index contributed by atoms with van der Waals surface area (Å²) in [5.41, 5.74) is 3.47. The van der Waals surface area contributed by atoms with Crippen LogP contribution in [-0.4, -0.2) is 50.3 Å². The Morgan fingerprint density at radius 1 is 1.13 bits per heavy atom. The van der Waals surface area contributed by atoms with Gasteiger partial charge in [-0.1, -0.05) is 22.5 Å². The summed E-state index contributed by atoms with van der Waals surface area (Å²) in [5.74, 6) is 0.584. The van der Waals surface area contributed by atoms with Crippen LogP contribution in [0.4, 0.5) is 0 Å². The number of nitrogens with one attached hydrogen (secondary N) is 1. The highest BCUT2D eigenvalue weighted by Gasteiger charge is 2.44. The molecule has 4 aromatic rings. The van der Waals surface area contributed by atoms with Crippen LogP contribution < -0.4 is 4.74 Å². The van der Waals surface area contributed by atoms with E-state index in [-0.39, 0.29) is 6.10 Å². The number of ether oxygens (including phenoxy) is 1. The van der Waals surface area contributed by atoms with Crippen molar-refractivity contribution in [1.82, 2.24) is 25.1 Å². The number of aromatic amines is 1. The highest BCUT2D eigenvalue weighted by Crippen LogP contribution is 2.38. The minimum Gasteiger partial charge on any atom is -0.464 e. The van der Waals surface area contributed by atoms with Gasteiger partial charge in [0, 0.05) is 35.1 Å². The predicted molar refractivity (Wildman–Crippen MR) is 118 cm³/mol. The third-order valence-electron chi connectivity index (χ3n) is 6.50. The first kappa shape index (κ1) is 18.0. The zero-order valence-corrected chi connectivity index (χ0v) is 17.4. The number of hydrogen-bond donors (Lipinski definition) is 1. The maximum absolute atomic E-state index is 6.53. The highest BCUT2D eigenvalue weighted by atomic mass is 32.1. The first-order chi connectivity index (χ1) is 14.8. The Labute approximate surface area is 178 Å². The Morgan fingerprint density at radius 2 is 2.07 bits per heavy atom.